The van der Waals surface area contributed by atoms with Crippen molar-refractivity contribution in [3.63, 3.8) is 0 Å². The Kier molecular flexibility index (Phi) is 14.6. The molecule has 0 atom stereocenters. The number of hydrogen-bond acceptors (Lipinski definition) is 2. The Morgan fingerprint density at radius 3 is 1.58 bits per heavy atom. The van der Waals surface area contributed by atoms with Crippen molar-refractivity contribution in [2.24, 2.45) is 5.92 Å². The Bertz CT molecular complexity index is 229. The molecular weight excluding hydrogens is 238 g/mol. The highest BCUT2D eigenvalue weighted by Crippen LogP contribution is 2.23. The van der Waals surface area contributed by atoms with Crippen molar-refractivity contribution >= 4 is 11.7 Å². The van der Waals surface area contributed by atoms with Gasteiger partial charge in [0.1, 0.15) is 5.78 Å². The monoisotopic (exact) mass is 271 g/mol. The maximum Gasteiger partial charge on any atom is 0.217 e. The Balaban J connectivity index is 0. The number of hydrogen-bond donors (Lipinski definition) is 1. The number of carbonyl (C=O) groups is 2. The molecule has 0 heterocycles. The molecule has 0 saturated heterocycles. The summed E-state index contributed by atoms with van der Waals surface area (Å²) in [5.74, 6) is 0.653. The molecule has 0 aliphatic heterocycles. The van der Waals surface area contributed by atoms with E-state index in [1.165, 1.54) is 0 Å². The summed E-state index contributed by atoms with van der Waals surface area (Å²) in [6, 6.07) is 0.329. The molecule has 1 N–H and O–H groups in total. The molecular formula is C16H33NO2. The number of rotatable bonds is 2. The van der Waals surface area contributed by atoms with E-state index in [1.54, 1.807) is 13.8 Å². The maximum absolute atomic E-state index is 11.3. The van der Waals surface area contributed by atoms with Crippen LogP contribution in [0.15, 0.2) is 0 Å². The summed E-state index contributed by atoms with van der Waals surface area (Å²) in [6.07, 6.45) is 6.12. The van der Waals surface area contributed by atoms with Gasteiger partial charge in [0.25, 0.3) is 0 Å². The predicted octanol–water partition coefficient (Wildman–Crippen LogP) is 4.10. The van der Waals surface area contributed by atoms with Crippen LogP contribution in [-0.4, -0.2) is 17.7 Å². The molecule has 1 rings (SSSR count). The summed E-state index contributed by atoms with van der Waals surface area (Å²) in [6.45, 7) is 11.3. The highest BCUT2D eigenvalue weighted by molar-refractivity contribution is 5.78. The van der Waals surface area contributed by atoms with E-state index in [2.05, 4.69) is 5.32 Å². The number of ketones is 1. The normalized spacial score (nSPS) is 22.4. The minimum atomic E-state index is 0.0590. The lowest BCUT2D eigenvalue weighted by molar-refractivity contribution is -0.122. The first-order valence-corrected chi connectivity index (χ1v) is 7.87. The van der Waals surface area contributed by atoms with Crippen LogP contribution in [0.2, 0.25) is 0 Å². The summed E-state index contributed by atoms with van der Waals surface area (Å²) in [4.78, 5) is 22.2. The molecule has 0 unspecified atom stereocenters. The van der Waals surface area contributed by atoms with Crippen LogP contribution in [0.4, 0.5) is 0 Å². The van der Waals surface area contributed by atoms with Gasteiger partial charge in [0.15, 0.2) is 0 Å². The smallest absolute Gasteiger partial charge is 0.217 e. The quantitative estimate of drug-likeness (QED) is 0.821. The fraction of sp³-hybridized carbons (Fsp3) is 0.875. The number of nitrogens with one attached hydrogen (secondary N) is 1. The molecule has 0 spiro atoms. The Morgan fingerprint density at radius 2 is 1.26 bits per heavy atom. The first kappa shape index (κ1) is 20.5. The van der Waals surface area contributed by atoms with Crippen molar-refractivity contribution < 1.29 is 9.59 Å². The van der Waals surface area contributed by atoms with Crippen LogP contribution in [0.3, 0.4) is 0 Å². The molecule has 1 aliphatic carbocycles. The standard InChI is InChI=1S/C12H21NO2.2C2H6/c1-9(14)11-5-3-7-12(8-4-6-11)13-10(2)15;2*1-2/h11-12H,3-8H2,1-2H3,(H,13,15);2*1-2H3. The Labute approximate surface area is 119 Å². The van der Waals surface area contributed by atoms with Gasteiger partial charge in [-0.1, -0.05) is 40.5 Å². The predicted molar refractivity (Wildman–Crippen MR) is 82.2 cm³/mol. The number of Topliss-reactive ketones (excluding diaryl/α,β-unsaturated/α-hetero) is 1. The molecule has 3 heteroatoms. The van der Waals surface area contributed by atoms with Gasteiger partial charge in [-0.15, -0.1) is 0 Å². The highest BCUT2D eigenvalue weighted by atomic mass is 16.1. The van der Waals surface area contributed by atoms with Gasteiger partial charge in [0.2, 0.25) is 5.91 Å². The lowest BCUT2D eigenvalue weighted by atomic mass is 9.87. The van der Waals surface area contributed by atoms with E-state index >= 15 is 0 Å². The van der Waals surface area contributed by atoms with Crippen LogP contribution < -0.4 is 5.32 Å². The lowest BCUT2D eigenvalue weighted by Gasteiger charge is -2.23. The van der Waals surface area contributed by atoms with Crippen LogP contribution in [0, 0.1) is 5.92 Å². The average molecular weight is 271 g/mol. The van der Waals surface area contributed by atoms with Crippen LogP contribution >= 0.6 is 0 Å². The molecule has 0 radical (unpaired) electrons. The third-order valence-corrected chi connectivity index (χ3v) is 3.19. The topological polar surface area (TPSA) is 46.2 Å². The van der Waals surface area contributed by atoms with E-state index in [4.69, 9.17) is 0 Å². The van der Waals surface area contributed by atoms with Crippen LogP contribution in [0.1, 0.15) is 80.1 Å². The van der Waals surface area contributed by atoms with E-state index in [9.17, 15) is 9.59 Å². The minimum absolute atomic E-state index is 0.0590. The fourth-order valence-corrected chi connectivity index (χ4v) is 2.35. The van der Waals surface area contributed by atoms with Crippen LogP contribution in [0.25, 0.3) is 0 Å². The number of carbonyl (C=O) groups excluding carboxylic acids is 2. The summed E-state index contributed by atoms with van der Waals surface area (Å²) in [7, 11) is 0. The van der Waals surface area contributed by atoms with Crippen molar-refractivity contribution in [3.8, 4) is 0 Å². The molecule has 114 valence electrons. The van der Waals surface area contributed by atoms with Crippen molar-refractivity contribution in [1.82, 2.24) is 5.32 Å². The SMILES string of the molecule is CC.CC.CC(=O)NC1CCCC(C(C)=O)CCC1. The van der Waals surface area contributed by atoms with Gasteiger partial charge in [-0.05, 0) is 32.6 Å². The third kappa shape index (κ3) is 10.7. The Hall–Kier alpha value is -0.860. The van der Waals surface area contributed by atoms with Crippen LogP contribution in [0.5, 0.6) is 0 Å². The lowest BCUT2D eigenvalue weighted by Crippen LogP contribution is -2.34. The van der Waals surface area contributed by atoms with Gasteiger partial charge in [-0.2, -0.15) is 0 Å². The van der Waals surface area contributed by atoms with Crippen molar-refractivity contribution in [2.45, 2.75) is 86.1 Å². The second-order valence-corrected chi connectivity index (χ2v) is 4.57. The van der Waals surface area contributed by atoms with E-state index in [0.717, 1.165) is 38.5 Å². The van der Waals surface area contributed by atoms with Crippen molar-refractivity contribution in [2.75, 3.05) is 0 Å². The summed E-state index contributed by atoms with van der Waals surface area (Å²) in [5, 5.41) is 2.97. The van der Waals surface area contributed by atoms with E-state index in [-0.39, 0.29) is 11.8 Å². The van der Waals surface area contributed by atoms with E-state index in [1.807, 2.05) is 27.7 Å². The molecule has 0 aromatic heterocycles. The first-order valence-electron chi connectivity index (χ1n) is 7.87. The zero-order valence-corrected chi connectivity index (χ0v) is 13.7. The van der Waals surface area contributed by atoms with E-state index in [0.29, 0.717) is 11.8 Å². The molecule has 1 amide bonds. The molecule has 0 bridgehead atoms. The zero-order valence-electron chi connectivity index (χ0n) is 13.7. The summed E-state index contributed by atoms with van der Waals surface area (Å²) >= 11 is 0. The summed E-state index contributed by atoms with van der Waals surface area (Å²) in [5.41, 5.74) is 0. The van der Waals surface area contributed by atoms with Gasteiger partial charge in [0, 0.05) is 18.9 Å². The average Bonchev–Trinajstić information content (AvgIpc) is 2.36. The van der Waals surface area contributed by atoms with Crippen molar-refractivity contribution in [1.29, 1.82) is 0 Å². The van der Waals surface area contributed by atoms with E-state index < -0.39 is 0 Å². The first-order chi connectivity index (χ1) is 9.09. The molecule has 0 aromatic rings. The maximum atomic E-state index is 11.3. The molecule has 1 fully saturated rings. The zero-order chi connectivity index (χ0) is 15.3. The van der Waals surface area contributed by atoms with Gasteiger partial charge in [-0.3, -0.25) is 9.59 Å². The molecule has 3 nitrogen and oxygen atoms in total. The van der Waals surface area contributed by atoms with Crippen LogP contribution in [-0.2, 0) is 9.59 Å². The largest absolute Gasteiger partial charge is 0.354 e. The summed E-state index contributed by atoms with van der Waals surface area (Å²) < 4.78 is 0. The molecule has 1 saturated carbocycles. The van der Waals surface area contributed by atoms with Crippen molar-refractivity contribution in [3.05, 3.63) is 0 Å². The van der Waals surface area contributed by atoms with Gasteiger partial charge in [0.05, 0.1) is 0 Å². The second kappa shape index (κ2) is 13.6. The van der Waals surface area contributed by atoms with Gasteiger partial charge < -0.3 is 5.32 Å². The molecule has 0 aromatic carbocycles. The number of amides is 1. The minimum Gasteiger partial charge on any atom is -0.354 e. The fourth-order valence-electron chi connectivity index (χ4n) is 2.35. The van der Waals surface area contributed by atoms with Gasteiger partial charge >= 0.3 is 0 Å². The van der Waals surface area contributed by atoms with Gasteiger partial charge in [-0.25, -0.2) is 0 Å². The second-order valence-electron chi connectivity index (χ2n) is 4.57. The third-order valence-electron chi connectivity index (χ3n) is 3.19. The highest BCUT2D eigenvalue weighted by Gasteiger charge is 2.19. The molecule has 19 heavy (non-hydrogen) atoms. The Morgan fingerprint density at radius 1 is 0.842 bits per heavy atom. The molecule has 1 aliphatic rings.